The average Bonchev–Trinajstić information content (AvgIpc) is 3.75. The van der Waals surface area contributed by atoms with Crippen LogP contribution in [0, 0.1) is 0 Å². The van der Waals surface area contributed by atoms with Gasteiger partial charge >= 0.3 is 0 Å². The van der Waals surface area contributed by atoms with Gasteiger partial charge in [0, 0.05) is 42.0 Å². The lowest BCUT2D eigenvalue weighted by atomic mass is 9.97. The molecule has 0 saturated carbocycles. The maximum absolute atomic E-state index is 6.81. The number of furan rings is 1. The summed E-state index contributed by atoms with van der Waals surface area (Å²) in [6, 6.07) is 63.0. The van der Waals surface area contributed by atoms with Crippen LogP contribution in [0.2, 0.25) is 0 Å². The Morgan fingerprint density at radius 1 is 0.429 bits per heavy atom. The van der Waals surface area contributed by atoms with Crippen LogP contribution in [-0.2, 0) is 0 Å². The van der Waals surface area contributed by atoms with Gasteiger partial charge in [-0.25, -0.2) is 0 Å². The Balaban J connectivity index is 1.21. The first-order valence-corrected chi connectivity index (χ1v) is 17.4. The summed E-state index contributed by atoms with van der Waals surface area (Å²) in [6.07, 6.45) is 0. The van der Waals surface area contributed by atoms with E-state index in [1.54, 1.807) is 0 Å². The number of para-hydroxylation sites is 1. The Bertz CT molecular complexity index is 2820. The van der Waals surface area contributed by atoms with Gasteiger partial charge in [-0.2, -0.15) is 0 Å². The van der Waals surface area contributed by atoms with Gasteiger partial charge in [-0.1, -0.05) is 140 Å². The van der Waals surface area contributed by atoms with Gasteiger partial charge in [-0.05, 0) is 64.0 Å². The number of benzene rings is 8. The lowest BCUT2D eigenvalue weighted by molar-refractivity contribution is 0.669. The minimum Gasteiger partial charge on any atom is -0.454 e. The van der Waals surface area contributed by atoms with Gasteiger partial charge in [0.1, 0.15) is 5.58 Å². The molecule has 0 spiro atoms. The topological polar surface area (TPSA) is 16.4 Å². The lowest BCUT2D eigenvalue weighted by Gasteiger charge is -2.27. The molecule has 10 rings (SSSR count). The predicted octanol–water partition coefficient (Wildman–Crippen LogP) is 13.9. The molecule has 10 aromatic rings. The van der Waals surface area contributed by atoms with Crippen molar-refractivity contribution in [2.75, 3.05) is 4.90 Å². The van der Waals surface area contributed by atoms with Gasteiger partial charge < -0.3 is 9.32 Å². The molecular formula is C46H29NOS. The zero-order valence-electron chi connectivity index (χ0n) is 26.5. The van der Waals surface area contributed by atoms with Crippen molar-refractivity contribution in [3.05, 3.63) is 176 Å². The van der Waals surface area contributed by atoms with E-state index in [0.29, 0.717) is 0 Å². The molecule has 0 bridgehead atoms. The molecule has 49 heavy (non-hydrogen) atoms. The van der Waals surface area contributed by atoms with Crippen LogP contribution in [0.4, 0.5) is 17.1 Å². The Morgan fingerprint density at radius 2 is 1.10 bits per heavy atom. The van der Waals surface area contributed by atoms with E-state index < -0.39 is 0 Å². The van der Waals surface area contributed by atoms with Crippen LogP contribution >= 0.6 is 11.3 Å². The quantitative estimate of drug-likeness (QED) is 0.186. The number of hydrogen-bond donors (Lipinski definition) is 0. The molecule has 230 valence electrons. The third kappa shape index (κ3) is 4.47. The van der Waals surface area contributed by atoms with Crippen molar-refractivity contribution >= 4 is 81.3 Å². The van der Waals surface area contributed by atoms with Crippen LogP contribution in [0.15, 0.2) is 180 Å². The first kappa shape index (κ1) is 27.9. The molecule has 2 nitrogen and oxygen atoms in total. The summed E-state index contributed by atoms with van der Waals surface area (Å²) in [5.41, 5.74) is 9.71. The van der Waals surface area contributed by atoms with Crippen molar-refractivity contribution < 1.29 is 4.42 Å². The number of thiophene rings is 1. The first-order valence-electron chi connectivity index (χ1n) is 16.6. The van der Waals surface area contributed by atoms with Crippen LogP contribution in [0.5, 0.6) is 0 Å². The second-order valence-corrected chi connectivity index (χ2v) is 13.5. The normalized spacial score (nSPS) is 11.7. The van der Waals surface area contributed by atoms with Crippen LogP contribution in [0.3, 0.4) is 0 Å². The van der Waals surface area contributed by atoms with Crippen LogP contribution in [0.1, 0.15) is 0 Å². The van der Waals surface area contributed by atoms with E-state index in [-0.39, 0.29) is 0 Å². The average molecular weight is 644 g/mol. The molecule has 0 fully saturated rings. The second kappa shape index (κ2) is 11.2. The van der Waals surface area contributed by atoms with E-state index in [4.69, 9.17) is 4.42 Å². The molecule has 0 saturated heterocycles. The Labute approximate surface area is 287 Å². The zero-order chi connectivity index (χ0) is 32.3. The number of nitrogens with zero attached hydrogens (tertiary/aromatic N) is 1. The summed E-state index contributed by atoms with van der Waals surface area (Å²) in [4.78, 5) is 2.37. The highest BCUT2D eigenvalue weighted by Crippen LogP contribution is 2.48. The molecule has 0 aliphatic heterocycles. The third-order valence-corrected chi connectivity index (χ3v) is 10.9. The van der Waals surface area contributed by atoms with Gasteiger partial charge in [0.05, 0.1) is 11.4 Å². The maximum Gasteiger partial charge on any atom is 0.160 e. The van der Waals surface area contributed by atoms with Crippen LogP contribution in [0.25, 0.3) is 75.1 Å². The van der Waals surface area contributed by atoms with Crippen molar-refractivity contribution in [3.8, 4) is 22.3 Å². The summed E-state index contributed by atoms with van der Waals surface area (Å²) in [5.74, 6) is 0. The molecule has 0 atom stereocenters. The van der Waals surface area contributed by atoms with E-state index >= 15 is 0 Å². The van der Waals surface area contributed by atoms with E-state index in [1.807, 2.05) is 17.4 Å². The highest BCUT2D eigenvalue weighted by molar-refractivity contribution is 7.26. The molecule has 3 heteroatoms. The number of fused-ring (bicyclic) bond motifs is 7. The van der Waals surface area contributed by atoms with Crippen molar-refractivity contribution in [1.29, 1.82) is 0 Å². The highest BCUT2D eigenvalue weighted by Gasteiger charge is 2.23. The van der Waals surface area contributed by atoms with Gasteiger partial charge in [0.2, 0.25) is 0 Å². The van der Waals surface area contributed by atoms with E-state index in [0.717, 1.165) is 44.6 Å². The maximum atomic E-state index is 6.81. The van der Waals surface area contributed by atoms with Crippen LogP contribution < -0.4 is 4.90 Å². The van der Waals surface area contributed by atoms with Gasteiger partial charge in [-0.3, -0.25) is 0 Å². The molecule has 0 unspecified atom stereocenters. The highest BCUT2D eigenvalue weighted by atomic mass is 32.1. The number of anilines is 3. The molecule has 8 aromatic carbocycles. The fourth-order valence-electron chi connectivity index (χ4n) is 7.42. The van der Waals surface area contributed by atoms with Gasteiger partial charge in [0.15, 0.2) is 5.58 Å². The van der Waals surface area contributed by atoms with Gasteiger partial charge in [-0.15, -0.1) is 11.3 Å². The molecule has 2 aromatic heterocycles. The predicted molar refractivity (Wildman–Crippen MR) is 210 cm³/mol. The Morgan fingerprint density at radius 3 is 1.98 bits per heavy atom. The largest absolute Gasteiger partial charge is 0.454 e. The van der Waals surface area contributed by atoms with Gasteiger partial charge in [0.25, 0.3) is 0 Å². The van der Waals surface area contributed by atoms with Crippen molar-refractivity contribution in [2.24, 2.45) is 0 Å². The molecule has 0 amide bonds. The zero-order valence-corrected chi connectivity index (χ0v) is 27.3. The smallest absolute Gasteiger partial charge is 0.160 e. The van der Waals surface area contributed by atoms with Crippen molar-refractivity contribution in [1.82, 2.24) is 0 Å². The summed E-state index contributed by atoms with van der Waals surface area (Å²) in [5, 5.41) is 7.24. The SMILES string of the molecule is c1ccc(-c2ccc(N(c3ccc(-c4cccc5c4sc4ccccc45)cc3)c3cccc4ccccc34)c3oc4ccccc4c23)cc1. The van der Waals surface area contributed by atoms with Crippen LogP contribution in [-0.4, -0.2) is 0 Å². The summed E-state index contributed by atoms with van der Waals surface area (Å²) in [7, 11) is 0. The summed E-state index contributed by atoms with van der Waals surface area (Å²) >= 11 is 1.87. The van der Waals surface area contributed by atoms with E-state index in [9.17, 15) is 0 Å². The monoisotopic (exact) mass is 643 g/mol. The fourth-order valence-corrected chi connectivity index (χ4v) is 8.66. The number of rotatable bonds is 5. The van der Waals surface area contributed by atoms with Crippen molar-refractivity contribution in [3.63, 3.8) is 0 Å². The Kier molecular flexibility index (Phi) is 6.39. The molecular weight excluding hydrogens is 615 g/mol. The molecule has 2 heterocycles. The standard InChI is InChI=1S/C46H29NOS/c1-2-12-31(13-3-1)35-28-29-41(45-44(35)39-18-6-8-22-42(39)48-45)47(40-21-10-15-30-14-4-5-16-34(30)40)33-26-24-32(25-27-33)36-19-11-20-38-37-17-7-9-23-43(37)49-46(36)38/h1-29H. The number of hydrogen-bond acceptors (Lipinski definition) is 3. The molecule has 0 radical (unpaired) electrons. The second-order valence-electron chi connectivity index (χ2n) is 12.5. The fraction of sp³-hybridized carbons (Fsp3) is 0. The lowest BCUT2D eigenvalue weighted by Crippen LogP contribution is -2.11. The third-order valence-electron chi connectivity index (χ3n) is 9.68. The van der Waals surface area contributed by atoms with E-state index in [2.05, 4.69) is 175 Å². The molecule has 0 N–H and O–H groups in total. The molecule has 0 aliphatic rings. The summed E-state index contributed by atoms with van der Waals surface area (Å²) < 4.78 is 9.45. The minimum absolute atomic E-state index is 0.870. The first-order chi connectivity index (χ1) is 24.3. The Hall–Kier alpha value is -6.16. The van der Waals surface area contributed by atoms with E-state index in [1.165, 1.54) is 47.6 Å². The molecule has 0 aliphatic carbocycles. The minimum atomic E-state index is 0.870. The summed E-state index contributed by atoms with van der Waals surface area (Å²) in [6.45, 7) is 0. The van der Waals surface area contributed by atoms with Crippen molar-refractivity contribution in [2.45, 2.75) is 0 Å².